The molecule has 3 aromatic carbocycles. The van der Waals surface area contributed by atoms with Crippen LogP contribution in [0.4, 0.5) is 11.6 Å². The second-order valence-electron chi connectivity index (χ2n) is 8.15. The lowest BCUT2D eigenvalue weighted by atomic mass is 10.1. The number of nitrogen functional groups attached to an aromatic ring is 1. The highest BCUT2D eigenvalue weighted by atomic mass is 35.5. The van der Waals surface area contributed by atoms with Crippen LogP contribution < -0.4 is 21.3 Å². The zero-order valence-corrected chi connectivity index (χ0v) is 21.9. The minimum atomic E-state index is -0.163. The van der Waals surface area contributed by atoms with Crippen molar-refractivity contribution in [3.63, 3.8) is 0 Å². The van der Waals surface area contributed by atoms with Crippen LogP contribution in [0, 0.1) is 13.8 Å². The molecular weight excluding hydrogens is 510 g/mol. The fraction of sp³-hybridized carbons (Fsp3) is 0.154. The summed E-state index contributed by atoms with van der Waals surface area (Å²) in [5.41, 5.74) is 7.40. The average molecular weight is 536 g/mol. The van der Waals surface area contributed by atoms with Gasteiger partial charge in [-0.05, 0) is 60.9 Å². The number of nitrogens with two attached hydrogens (primary N) is 1. The van der Waals surface area contributed by atoms with E-state index in [1.807, 2.05) is 80.6 Å². The summed E-state index contributed by atoms with van der Waals surface area (Å²) in [5.74, 6) is 6.95. The van der Waals surface area contributed by atoms with Gasteiger partial charge >= 0.3 is 0 Å². The Kier molecular flexibility index (Phi) is 8.65. The number of hydrogen-bond donors (Lipinski definition) is 3. The number of amides is 1. The molecule has 1 aromatic heterocycles. The number of ether oxygens (including phenoxy) is 1. The van der Waals surface area contributed by atoms with Gasteiger partial charge < -0.3 is 15.9 Å². The Labute approximate surface area is 224 Å². The van der Waals surface area contributed by atoms with Crippen molar-refractivity contribution in [3.8, 4) is 5.75 Å². The van der Waals surface area contributed by atoms with Gasteiger partial charge in [-0.15, -0.1) is 10.2 Å². The first-order valence-electron chi connectivity index (χ1n) is 11.3. The number of para-hydroxylation sites is 1. The van der Waals surface area contributed by atoms with Crippen molar-refractivity contribution in [1.82, 2.24) is 14.9 Å². The molecule has 4 rings (SSSR count). The molecule has 4 N–H and O–H groups in total. The van der Waals surface area contributed by atoms with E-state index in [1.165, 1.54) is 16.4 Å². The van der Waals surface area contributed by atoms with Crippen LogP contribution >= 0.6 is 23.4 Å². The topological polar surface area (TPSA) is 119 Å². The van der Waals surface area contributed by atoms with Crippen molar-refractivity contribution < 1.29 is 9.53 Å². The highest BCUT2D eigenvalue weighted by Gasteiger charge is 2.13. The monoisotopic (exact) mass is 535 g/mol. The molecule has 1 amide bonds. The van der Waals surface area contributed by atoms with Crippen molar-refractivity contribution in [2.24, 2.45) is 5.10 Å². The maximum Gasteiger partial charge on any atom is 0.264 e. The predicted octanol–water partition coefficient (Wildman–Crippen LogP) is 5.02. The lowest BCUT2D eigenvalue weighted by molar-refractivity contribution is -0.113. The molecule has 0 saturated carbocycles. The number of anilines is 2. The van der Waals surface area contributed by atoms with Crippen molar-refractivity contribution in [3.05, 3.63) is 94.0 Å². The normalized spacial score (nSPS) is 11.0. The number of nitrogens with one attached hydrogen (secondary N) is 2. The molecule has 0 aliphatic rings. The maximum absolute atomic E-state index is 12.4. The number of aromatic nitrogens is 3. The van der Waals surface area contributed by atoms with Gasteiger partial charge in [-0.25, -0.2) is 10.1 Å². The van der Waals surface area contributed by atoms with Gasteiger partial charge in [0.2, 0.25) is 11.1 Å². The molecule has 4 aromatic rings. The van der Waals surface area contributed by atoms with Gasteiger partial charge in [0, 0.05) is 16.3 Å². The SMILES string of the molecule is Cc1ccc(C)c(NC(=O)CSc2nnc(N/N=C/c3ccccc3OCc3ccc(Cl)cc3)n2N)c1. The number of carbonyl (C=O) groups is 1. The number of halogens is 1. The third-order valence-corrected chi connectivity index (χ3v) is 6.45. The second-order valence-corrected chi connectivity index (χ2v) is 9.53. The van der Waals surface area contributed by atoms with Gasteiger partial charge in [-0.3, -0.25) is 4.79 Å². The molecule has 37 heavy (non-hydrogen) atoms. The number of thioether (sulfide) groups is 1. The molecular formula is C26H26ClN7O2S. The van der Waals surface area contributed by atoms with Crippen LogP contribution in [0.1, 0.15) is 22.3 Å². The lowest BCUT2D eigenvalue weighted by Gasteiger charge is -2.09. The van der Waals surface area contributed by atoms with E-state index in [2.05, 4.69) is 26.0 Å². The highest BCUT2D eigenvalue weighted by Crippen LogP contribution is 2.21. The first-order valence-corrected chi connectivity index (χ1v) is 12.7. The Hall–Kier alpha value is -4.02. The van der Waals surface area contributed by atoms with E-state index >= 15 is 0 Å². The number of hydrogen-bond acceptors (Lipinski definition) is 8. The molecule has 0 spiro atoms. The Morgan fingerprint density at radius 1 is 1.14 bits per heavy atom. The molecule has 0 aliphatic heterocycles. The number of aryl methyl sites for hydroxylation is 2. The lowest BCUT2D eigenvalue weighted by Crippen LogP contribution is -2.17. The maximum atomic E-state index is 12.4. The van der Waals surface area contributed by atoms with Gasteiger partial charge in [-0.1, -0.05) is 59.8 Å². The number of hydrazone groups is 1. The molecule has 0 fully saturated rings. The summed E-state index contributed by atoms with van der Waals surface area (Å²) in [4.78, 5) is 12.4. The van der Waals surface area contributed by atoms with E-state index in [0.717, 1.165) is 27.9 Å². The second kappa shape index (κ2) is 12.3. The van der Waals surface area contributed by atoms with E-state index in [9.17, 15) is 4.79 Å². The third-order valence-electron chi connectivity index (χ3n) is 5.26. The summed E-state index contributed by atoms with van der Waals surface area (Å²) in [5, 5.41) is 16.2. The van der Waals surface area contributed by atoms with Crippen LogP contribution in [0.25, 0.3) is 0 Å². The van der Waals surface area contributed by atoms with Gasteiger partial charge in [-0.2, -0.15) is 5.10 Å². The molecule has 190 valence electrons. The van der Waals surface area contributed by atoms with Gasteiger partial charge in [0.25, 0.3) is 5.95 Å². The van der Waals surface area contributed by atoms with E-state index in [1.54, 1.807) is 6.21 Å². The molecule has 0 bridgehead atoms. The summed E-state index contributed by atoms with van der Waals surface area (Å²) >= 11 is 7.12. The Morgan fingerprint density at radius 2 is 1.92 bits per heavy atom. The van der Waals surface area contributed by atoms with Crippen LogP contribution in [0.3, 0.4) is 0 Å². The van der Waals surface area contributed by atoms with Gasteiger partial charge in [0.15, 0.2) is 0 Å². The summed E-state index contributed by atoms with van der Waals surface area (Å²) < 4.78 is 7.19. The minimum Gasteiger partial charge on any atom is -0.488 e. The van der Waals surface area contributed by atoms with E-state index < -0.39 is 0 Å². The predicted molar refractivity (Wildman–Crippen MR) is 149 cm³/mol. The summed E-state index contributed by atoms with van der Waals surface area (Å²) in [6.07, 6.45) is 1.61. The number of benzene rings is 3. The van der Waals surface area contributed by atoms with Gasteiger partial charge in [0.05, 0.1) is 12.0 Å². The highest BCUT2D eigenvalue weighted by molar-refractivity contribution is 7.99. The molecule has 11 heteroatoms. The van der Waals surface area contributed by atoms with E-state index in [0.29, 0.717) is 22.5 Å². The summed E-state index contributed by atoms with van der Waals surface area (Å²) in [6, 6.07) is 20.9. The van der Waals surface area contributed by atoms with Crippen LogP contribution in [-0.2, 0) is 11.4 Å². The Bertz CT molecular complexity index is 1410. The van der Waals surface area contributed by atoms with Gasteiger partial charge in [0.1, 0.15) is 12.4 Å². The smallest absolute Gasteiger partial charge is 0.264 e. The molecule has 0 unspecified atom stereocenters. The zero-order valence-electron chi connectivity index (χ0n) is 20.3. The zero-order chi connectivity index (χ0) is 26.2. The quantitative estimate of drug-likeness (QED) is 0.113. The van der Waals surface area contributed by atoms with Crippen molar-refractivity contribution in [2.45, 2.75) is 25.6 Å². The largest absolute Gasteiger partial charge is 0.488 e. The Balaban J connectivity index is 1.32. The number of nitrogens with zero attached hydrogens (tertiary/aromatic N) is 4. The third kappa shape index (κ3) is 7.25. The number of carbonyl (C=O) groups excluding carboxylic acids is 1. The summed E-state index contributed by atoms with van der Waals surface area (Å²) in [6.45, 7) is 4.32. The molecule has 0 atom stereocenters. The summed E-state index contributed by atoms with van der Waals surface area (Å²) in [7, 11) is 0. The molecule has 0 aliphatic carbocycles. The molecule has 0 saturated heterocycles. The number of rotatable bonds is 10. The van der Waals surface area contributed by atoms with Crippen LogP contribution in [0.2, 0.25) is 5.02 Å². The fourth-order valence-corrected chi connectivity index (χ4v) is 4.04. The first-order chi connectivity index (χ1) is 17.9. The van der Waals surface area contributed by atoms with Crippen molar-refractivity contribution in [2.75, 3.05) is 22.3 Å². The Morgan fingerprint density at radius 3 is 2.73 bits per heavy atom. The minimum absolute atomic E-state index is 0.129. The molecule has 9 nitrogen and oxygen atoms in total. The van der Waals surface area contributed by atoms with Crippen LogP contribution in [0.15, 0.2) is 77.0 Å². The molecule has 0 radical (unpaired) electrons. The first kappa shape index (κ1) is 26.1. The fourth-order valence-electron chi connectivity index (χ4n) is 3.26. The van der Waals surface area contributed by atoms with Crippen LogP contribution in [-0.4, -0.2) is 32.7 Å². The van der Waals surface area contributed by atoms with Crippen molar-refractivity contribution >= 4 is 47.1 Å². The van der Waals surface area contributed by atoms with Crippen molar-refractivity contribution in [1.29, 1.82) is 0 Å². The standard InChI is InChI=1S/C26H26ClN7O2S/c1-17-7-8-18(2)22(13-17)30-24(35)16-37-26-33-32-25(34(26)28)31-29-14-20-5-3-4-6-23(20)36-15-19-9-11-21(27)12-10-19/h3-14H,15-16,28H2,1-2H3,(H,30,35)(H,31,32)/b29-14+. The average Bonchev–Trinajstić information content (AvgIpc) is 3.24. The van der Waals surface area contributed by atoms with E-state index in [-0.39, 0.29) is 17.6 Å². The van der Waals surface area contributed by atoms with Crippen LogP contribution in [0.5, 0.6) is 5.75 Å². The van der Waals surface area contributed by atoms with E-state index in [4.69, 9.17) is 22.2 Å². The molecule has 1 heterocycles.